The van der Waals surface area contributed by atoms with Crippen LogP contribution in [0.25, 0.3) is 11.4 Å². The molecule has 0 spiro atoms. The monoisotopic (exact) mass is 467 g/mol. The van der Waals surface area contributed by atoms with Gasteiger partial charge in [-0.3, -0.25) is 9.69 Å². The summed E-state index contributed by atoms with van der Waals surface area (Å²) in [6.45, 7) is 5.14. The van der Waals surface area contributed by atoms with Gasteiger partial charge in [0.05, 0.1) is 18.0 Å². The molecule has 2 fully saturated rings. The Morgan fingerprint density at radius 1 is 1.09 bits per heavy atom. The lowest BCUT2D eigenvalue weighted by molar-refractivity contribution is -0.137. The van der Waals surface area contributed by atoms with Crippen LogP contribution >= 0.6 is 0 Å². The lowest BCUT2D eigenvalue weighted by Crippen LogP contribution is -2.47. The quantitative estimate of drug-likeness (QED) is 0.685. The van der Waals surface area contributed by atoms with Gasteiger partial charge in [0, 0.05) is 17.8 Å². The maximum atomic E-state index is 13.5. The number of rotatable bonds is 3. The van der Waals surface area contributed by atoms with Gasteiger partial charge in [0.25, 0.3) is 0 Å². The van der Waals surface area contributed by atoms with Gasteiger partial charge in [0.1, 0.15) is 17.5 Å². The minimum Gasteiger partial charge on any atom is -0.444 e. The number of likely N-dealkylation sites (tertiary alicyclic amines) is 1. The van der Waals surface area contributed by atoms with Crippen molar-refractivity contribution in [1.29, 1.82) is 0 Å². The molecule has 0 radical (unpaired) electrons. The van der Waals surface area contributed by atoms with Crippen LogP contribution in [0.2, 0.25) is 0 Å². The predicted octanol–water partition coefficient (Wildman–Crippen LogP) is 4.03. The summed E-state index contributed by atoms with van der Waals surface area (Å²) >= 11 is 0. The van der Waals surface area contributed by atoms with E-state index in [0.717, 1.165) is 24.9 Å². The number of alkyl halides is 3. The number of ether oxygens (including phenoxy) is 1. The molecule has 1 N–H and O–H groups in total. The third-order valence-corrected chi connectivity index (χ3v) is 5.33. The highest BCUT2D eigenvalue weighted by Crippen LogP contribution is 2.48. The first kappa shape index (κ1) is 22.9. The number of nitrogens with zero attached hydrogens (tertiary/aromatic N) is 4. The van der Waals surface area contributed by atoms with Crippen molar-refractivity contribution in [1.82, 2.24) is 19.9 Å². The third-order valence-electron chi connectivity index (χ3n) is 5.33. The van der Waals surface area contributed by atoms with Crippen LogP contribution in [-0.2, 0) is 15.7 Å². The summed E-state index contributed by atoms with van der Waals surface area (Å²) in [4.78, 5) is 37.9. The lowest BCUT2D eigenvalue weighted by atomic mass is 10.1. The molecular formula is C21H21F4N5O3. The Morgan fingerprint density at radius 3 is 2.36 bits per heavy atom. The summed E-state index contributed by atoms with van der Waals surface area (Å²) in [5.74, 6) is -1.78. The highest BCUT2D eigenvalue weighted by Gasteiger charge is 2.57. The van der Waals surface area contributed by atoms with Crippen molar-refractivity contribution in [3.63, 3.8) is 0 Å². The molecule has 2 aliphatic rings. The van der Waals surface area contributed by atoms with Crippen LogP contribution in [0.5, 0.6) is 0 Å². The van der Waals surface area contributed by atoms with Crippen molar-refractivity contribution < 1.29 is 31.9 Å². The number of carbonyl (C=O) groups excluding carboxylic acids is 2. The summed E-state index contributed by atoms with van der Waals surface area (Å²) in [5.41, 5.74) is -2.35. The average Bonchev–Trinajstić information content (AvgIpc) is 3.35. The van der Waals surface area contributed by atoms with Crippen molar-refractivity contribution in [2.45, 2.75) is 57.5 Å². The summed E-state index contributed by atoms with van der Waals surface area (Å²) in [6.07, 6.45) is -2.17. The van der Waals surface area contributed by atoms with E-state index in [1.807, 2.05) is 0 Å². The number of nitrogens with one attached hydrogen (secondary N) is 1. The molecule has 3 heterocycles. The number of anilines is 1. The Morgan fingerprint density at radius 2 is 1.76 bits per heavy atom. The minimum absolute atomic E-state index is 0.0978. The summed E-state index contributed by atoms with van der Waals surface area (Å²) in [6, 6.07) is 0.0409. The smallest absolute Gasteiger partial charge is 0.418 e. The normalized spacial score (nSPS) is 22.0. The molecule has 12 heteroatoms. The molecule has 2 aromatic heterocycles. The van der Waals surface area contributed by atoms with E-state index in [1.165, 1.54) is 4.90 Å². The van der Waals surface area contributed by atoms with Crippen molar-refractivity contribution in [3.05, 3.63) is 36.0 Å². The molecule has 2 aromatic rings. The second-order valence-electron chi connectivity index (χ2n) is 9.03. The second-order valence-corrected chi connectivity index (χ2v) is 9.03. The zero-order chi connectivity index (χ0) is 24.1. The third kappa shape index (κ3) is 4.88. The fraction of sp³-hybridized carbons (Fsp3) is 0.476. The highest BCUT2D eigenvalue weighted by molar-refractivity contribution is 5.97. The van der Waals surface area contributed by atoms with Gasteiger partial charge in [-0.15, -0.1) is 0 Å². The van der Waals surface area contributed by atoms with Crippen molar-refractivity contribution >= 4 is 17.8 Å². The molecular weight excluding hydrogens is 446 g/mol. The van der Waals surface area contributed by atoms with Crippen LogP contribution in [0, 0.1) is 11.7 Å². The Balaban J connectivity index is 1.58. The lowest BCUT2D eigenvalue weighted by Gasteiger charge is -2.29. The maximum Gasteiger partial charge on any atom is 0.418 e. The van der Waals surface area contributed by atoms with E-state index in [0.29, 0.717) is 12.6 Å². The van der Waals surface area contributed by atoms with Crippen molar-refractivity contribution in [2.24, 2.45) is 5.92 Å². The molecule has 4 rings (SSSR count). The van der Waals surface area contributed by atoms with Gasteiger partial charge in [0.15, 0.2) is 11.6 Å². The van der Waals surface area contributed by atoms with Crippen molar-refractivity contribution in [3.8, 4) is 11.4 Å². The van der Waals surface area contributed by atoms with Crippen LogP contribution in [0.4, 0.5) is 28.2 Å². The van der Waals surface area contributed by atoms with Crippen LogP contribution in [0.1, 0.15) is 39.2 Å². The molecule has 1 aliphatic heterocycles. The van der Waals surface area contributed by atoms with Gasteiger partial charge < -0.3 is 10.1 Å². The maximum absolute atomic E-state index is 13.5. The molecule has 1 saturated heterocycles. The summed E-state index contributed by atoms with van der Waals surface area (Å²) in [7, 11) is 0. The molecule has 3 unspecified atom stereocenters. The summed E-state index contributed by atoms with van der Waals surface area (Å²) in [5, 5.41) is 2.48. The highest BCUT2D eigenvalue weighted by atomic mass is 19.4. The molecule has 33 heavy (non-hydrogen) atoms. The number of pyridine rings is 1. The van der Waals surface area contributed by atoms with Gasteiger partial charge in [0.2, 0.25) is 5.91 Å². The standard InChI is InChI=1S/C21H21F4N5O3/c1-20(2,3)33-19(32)30-14-4-10(14)5-15(30)18(31)29-16-6-12(13(9-26-16)21(23,24)25)17-27-7-11(22)8-28-17/h6-10,14-15H,4-5H2,1-3H3,(H,26,29,31). The summed E-state index contributed by atoms with van der Waals surface area (Å²) < 4.78 is 58.9. The van der Waals surface area contributed by atoms with Crippen LogP contribution < -0.4 is 5.32 Å². The van der Waals surface area contributed by atoms with E-state index >= 15 is 0 Å². The molecule has 3 atom stereocenters. The van der Waals surface area contributed by atoms with E-state index in [2.05, 4.69) is 20.3 Å². The van der Waals surface area contributed by atoms with Gasteiger partial charge in [-0.2, -0.15) is 13.2 Å². The van der Waals surface area contributed by atoms with E-state index in [1.54, 1.807) is 20.8 Å². The average molecular weight is 467 g/mol. The zero-order valence-electron chi connectivity index (χ0n) is 18.0. The van der Waals surface area contributed by atoms with Gasteiger partial charge in [-0.1, -0.05) is 0 Å². The van der Waals surface area contributed by atoms with Crippen LogP contribution in [0.3, 0.4) is 0 Å². The van der Waals surface area contributed by atoms with E-state index in [4.69, 9.17) is 4.74 Å². The Hall–Kier alpha value is -3.31. The number of hydrogen-bond donors (Lipinski definition) is 1. The number of aromatic nitrogens is 3. The number of carbonyl (C=O) groups is 2. The topological polar surface area (TPSA) is 97.3 Å². The molecule has 1 aliphatic carbocycles. The molecule has 2 amide bonds. The first-order chi connectivity index (χ1) is 15.3. The largest absolute Gasteiger partial charge is 0.444 e. The Kier molecular flexibility index (Phi) is 5.49. The molecule has 0 aromatic carbocycles. The van der Waals surface area contributed by atoms with Crippen LogP contribution in [-0.4, -0.2) is 49.5 Å². The molecule has 8 nitrogen and oxygen atoms in total. The van der Waals surface area contributed by atoms with Gasteiger partial charge in [-0.05, 0) is 45.6 Å². The van der Waals surface area contributed by atoms with E-state index < -0.39 is 46.8 Å². The number of amides is 2. The first-order valence-electron chi connectivity index (χ1n) is 10.2. The van der Waals surface area contributed by atoms with Gasteiger partial charge in [-0.25, -0.2) is 24.1 Å². The van der Waals surface area contributed by atoms with E-state index in [-0.39, 0.29) is 23.6 Å². The zero-order valence-corrected chi connectivity index (χ0v) is 18.0. The molecule has 1 saturated carbocycles. The second kappa shape index (κ2) is 7.92. The Bertz CT molecular complexity index is 1080. The minimum atomic E-state index is -4.77. The Labute approximate surface area is 186 Å². The van der Waals surface area contributed by atoms with Crippen LogP contribution in [0.15, 0.2) is 24.7 Å². The molecule has 0 bridgehead atoms. The number of hydrogen-bond acceptors (Lipinski definition) is 6. The SMILES string of the molecule is CC(C)(C)OC(=O)N1C(C(=O)Nc2cc(-c3ncc(F)cn3)c(C(F)(F)F)cn2)CC2CC21. The fourth-order valence-electron chi connectivity index (χ4n) is 3.86. The van der Waals surface area contributed by atoms with Crippen molar-refractivity contribution in [2.75, 3.05) is 5.32 Å². The van der Waals surface area contributed by atoms with Gasteiger partial charge >= 0.3 is 12.3 Å². The first-order valence-corrected chi connectivity index (χ1v) is 10.2. The predicted molar refractivity (Wildman–Crippen MR) is 107 cm³/mol. The number of fused-ring (bicyclic) bond motifs is 1. The number of piperidine rings is 1. The van der Waals surface area contributed by atoms with E-state index in [9.17, 15) is 27.2 Å². The molecule has 176 valence electrons. The fourth-order valence-corrected chi connectivity index (χ4v) is 3.86. The number of halogens is 4.